The van der Waals surface area contributed by atoms with E-state index in [0.717, 1.165) is 24.8 Å². The van der Waals surface area contributed by atoms with Crippen LogP contribution in [0, 0.1) is 0 Å². The Hall–Kier alpha value is -1.13. The van der Waals surface area contributed by atoms with Gasteiger partial charge in [-0.2, -0.15) is 0 Å². The lowest BCUT2D eigenvalue weighted by Gasteiger charge is -2.28. The van der Waals surface area contributed by atoms with Gasteiger partial charge in [0.2, 0.25) is 0 Å². The highest BCUT2D eigenvalue weighted by Crippen LogP contribution is 2.31. The molecule has 4 heteroatoms. The zero-order valence-corrected chi connectivity index (χ0v) is 13.0. The van der Waals surface area contributed by atoms with E-state index in [2.05, 4.69) is 10.4 Å². The van der Waals surface area contributed by atoms with Crippen molar-refractivity contribution in [3.63, 3.8) is 0 Å². The van der Waals surface area contributed by atoms with E-state index >= 15 is 0 Å². The first kappa shape index (κ1) is 15.3. The summed E-state index contributed by atoms with van der Waals surface area (Å²) in [7, 11) is -1.05. The molecule has 0 radical (unpaired) electrons. The largest absolute Gasteiger partial charge is 0.392 e. The second-order valence-corrected chi connectivity index (χ2v) is 7.73. The van der Waals surface area contributed by atoms with Gasteiger partial charge >= 0.3 is 0 Å². The van der Waals surface area contributed by atoms with Gasteiger partial charge in [0.1, 0.15) is 0 Å². The number of benzene rings is 1. The van der Waals surface area contributed by atoms with Crippen LogP contribution in [-0.2, 0) is 9.73 Å². The fourth-order valence-electron chi connectivity index (χ4n) is 2.88. The van der Waals surface area contributed by atoms with E-state index in [9.17, 15) is 9.32 Å². The molecule has 0 unspecified atom stereocenters. The number of rotatable bonds is 4. The average Bonchev–Trinajstić information content (AvgIpc) is 2.49. The molecule has 3 nitrogen and oxygen atoms in total. The summed E-state index contributed by atoms with van der Waals surface area (Å²) in [4.78, 5) is 0.708. The van der Waals surface area contributed by atoms with Crippen molar-refractivity contribution in [3.05, 3.63) is 42.0 Å². The van der Waals surface area contributed by atoms with Crippen molar-refractivity contribution in [2.75, 3.05) is 7.05 Å². The number of nitrogens with zero attached hydrogens (tertiary/aromatic N) is 1. The van der Waals surface area contributed by atoms with Crippen LogP contribution in [0.1, 0.15) is 32.6 Å². The Bertz CT molecular complexity index is 584. The van der Waals surface area contributed by atoms with Crippen LogP contribution in [-0.4, -0.2) is 27.7 Å². The van der Waals surface area contributed by atoms with E-state index in [4.69, 9.17) is 0 Å². The SMILES string of the molecule is CN=[S@](=O)(c1ccccc1)[C@H](C1=CCCCC1)[C@@H](C)O. The van der Waals surface area contributed by atoms with Crippen LogP contribution < -0.4 is 0 Å². The van der Waals surface area contributed by atoms with Gasteiger partial charge in [-0.15, -0.1) is 0 Å². The molecule has 0 spiro atoms. The Morgan fingerprint density at radius 1 is 1.25 bits per heavy atom. The Kier molecular flexibility index (Phi) is 5.00. The summed E-state index contributed by atoms with van der Waals surface area (Å²) in [5.74, 6) is 0. The Balaban J connectivity index is 2.52. The highest BCUT2D eigenvalue weighted by Gasteiger charge is 2.32. The predicted octanol–water partition coefficient (Wildman–Crippen LogP) is 3.39. The Morgan fingerprint density at radius 2 is 1.95 bits per heavy atom. The van der Waals surface area contributed by atoms with Gasteiger partial charge in [0.05, 0.1) is 21.1 Å². The van der Waals surface area contributed by atoms with Crippen molar-refractivity contribution in [1.29, 1.82) is 0 Å². The summed E-state index contributed by atoms with van der Waals surface area (Å²) in [5.41, 5.74) is 1.10. The van der Waals surface area contributed by atoms with Gasteiger partial charge in [-0.3, -0.25) is 0 Å². The topological polar surface area (TPSA) is 49.7 Å². The monoisotopic (exact) mass is 293 g/mol. The zero-order valence-electron chi connectivity index (χ0n) is 12.2. The molecule has 0 heterocycles. The van der Waals surface area contributed by atoms with Gasteiger partial charge in [0.25, 0.3) is 0 Å². The van der Waals surface area contributed by atoms with Gasteiger partial charge in [-0.1, -0.05) is 29.8 Å². The molecule has 1 N–H and O–H groups in total. The maximum atomic E-state index is 13.4. The predicted molar refractivity (Wildman–Crippen MR) is 83.2 cm³/mol. The molecular formula is C16H23NO2S. The number of allylic oxidation sites excluding steroid dienone is 1. The zero-order chi connectivity index (χ0) is 14.6. The lowest BCUT2D eigenvalue weighted by Crippen LogP contribution is -2.34. The normalized spacial score (nSPS) is 21.4. The molecule has 0 saturated heterocycles. The summed E-state index contributed by atoms with van der Waals surface area (Å²) in [6.07, 6.45) is 5.67. The van der Waals surface area contributed by atoms with Gasteiger partial charge in [-0.05, 0) is 44.7 Å². The van der Waals surface area contributed by atoms with E-state index in [1.165, 1.54) is 6.42 Å². The number of aliphatic hydroxyl groups excluding tert-OH is 1. The number of hydrogen-bond acceptors (Lipinski definition) is 3. The summed E-state index contributed by atoms with van der Waals surface area (Å²) in [6.45, 7) is 1.72. The van der Waals surface area contributed by atoms with Crippen molar-refractivity contribution >= 4 is 9.73 Å². The number of aliphatic hydroxyl groups is 1. The lowest BCUT2D eigenvalue weighted by atomic mass is 9.95. The maximum Gasteiger partial charge on any atom is 0.0939 e. The van der Waals surface area contributed by atoms with Crippen LogP contribution in [0.3, 0.4) is 0 Å². The minimum Gasteiger partial charge on any atom is -0.392 e. The van der Waals surface area contributed by atoms with Gasteiger partial charge in [0.15, 0.2) is 0 Å². The molecular weight excluding hydrogens is 270 g/mol. The summed E-state index contributed by atoms with van der Waals surface area (Å²) in [5, 5.41) is 9.81. The van der Waals surface area contributed by atoms with Crippen molar-refractivity contribution in [2.24, 2.45) is 4.36 Å². The standard InChI is InChI=1S/C16H23NO2S/c1-13(18)16(14-9-5-3-6-10-14)20(19,17-2)15-11-7-4-8-12-15/h4,7-9,11-13,16,18H,3,5-6,10H2,1-2H3/t13-,16+,20+/m1/s1. The first-order valence-electron chi connectivity index (χ1n) is 7.15. The molecule has 2 rings (SSSR count). The second kappa shape index (κ2) is 6.55. The van der Waals surface area contributed by atoms with Crippen LogP contribution in [0.2, 0.25) is 0 Å². The Morgan fingerprint density at radius 3 is 2.45 bits per heavy atom. The molecule has 0 fully saturated rings. The molecule has 1 aliphatic carbocycles. The van der Waals surface area contributed by atoms with Crippen molar-refractivity contribution in [3.8, 4) is 0 Å². The molecule has 0 aliphatic heterocycles. The second-order valence-electron chi connectivity index (χ2n) is 5.25. The fourth-order valence-corrected chi connectivity index (χ4v) is 5.32. The van der Waals surface area contributed by atoms with Crippen LogP contribution in [0.5, 0.6) is 0 Å². The average molecular weight is 293 g/mol. The molecule has 20 heavy (non-hydrogen) atoms. The van der Waals surface area contributed by atoms with E-state index in [-0.39, 0.29) is 0 Å². The smallest absolute Gasteiger partial charge is 0.0939 e. The molecule has 1 aromatic rings. The molecule has 0 saturated carbocycles. The third kappa shape index (κ3) is 2.96. The summed E-state index contributed by atoms with van der Waals surface area (Å²) >= 11 is 0. The van der Waals surface area contributed by atoms with Crippen molar-refractivity contribution in [2.45, 2.75) is 48.9 Å². The fraction of sp³-hybridized carbons (Fsp3) is 0.500. The van der Waals surface area contributed by atoms with Gasteiger partial charge in [0, 0.05) is 11.9 Å². The van der Waals surface area contributed by atoms with Crippen molar-refractivity contribution in [1.82, 2.24) is 0 Å². The molecule has 0 amide bonds. The van der Waals surface area contributed by atoms with Crippen LogP contribution in [0.4, 0.5) is 0 Å². The quantitative estimate of drug-likeness (QED) is 0.865. The minimum atomic E-state index is -2.64. The molecule has 0 aromatic heterocycles. The molecule has 0 bridgehead atoms. The number of hydrogen-bond donors (Lipinski definition) is 1. The van der Waals surface area contributed by atoms with Crippen LogP contribution in [0.15, 0.2) is 51.2 Å². The van der Waals surface area contributed by atoms with Crippen LogP contribution in [0.25, 0.3) is 0 Å². The highest BCUT2D eigenvalue weighted by atomic mass is 32.2. The van der Waals surface area contributed by atoms with E-state index < -0.39 is 21.1 Å². The third-order valence-corrected chi connectivity index (χ3v) is 6.70. The molecule has 3 atom stereocenters. The maximum absolute atomic E-state index is 13.4. The minimum absolute atomic E-state index is 0.407. The van der Waals surface area contributed by atoms with Crippen LogP contribution >= 0.6 is 0 Å². The first-order valence-corrected chi connectivity index (χ1v) is 8.73. The van der Waals surface area contributed by atoms with E-state index in [0.29, 0.717) is 4.90 Å². The van der Waals surface area contributed by atoms with Gasteiger partial charge in [-0.25, -0.2) is 8.57 Å². The first-order chi connectivity index (χ1) is 9.59. The van der Waals surface area contributed by atoms with E-state index in [1.807, 2.05) is 30.3 Å². The lowest BCUT2D eigenvalue weighted by molar-refractivity contribution is 0.196. The van der Waals surface area contributed by atoms with E-state index in [1.54, 1.807) is 14.0 Å². The summed E-state index contributed by atoms with van der Waals surface area (Å²) in [6, 6.07) is 9.32. The van der Waals surface area contributed by atoms with Crippen molar-refractivity contribution < 1.29 is 9.32 Å². The summed E-state index contributed by atoms with van der Waals surface area (Å²) < 4.78 is 17.6. The third-order valence-electron chi connectivity index (χ3n) is 3.83. The highest BCUT2D eigenvalue weighted by molar-refractivity contribution is 7.94. The molecule has 1 aromatic carbocycles. The molecule has 110 valence electrons. The Labute approximate surface area is 121 Å². The molecule has 1 aliphatic rings. The van der Waals surface area contributed by atoms with Gasteiger partial charge < -0.3 is 5.11 Å².